The molecule has 4 rings (SSSR count). The van der Waals surface area contributed by atoms with Crippen molar-refractivity contribution in [2.45, 2.75) is 31.2 Å². The number of imidazole rings is 1. The van der Waals surface area contributed by atoms with Crippen molar-refractivity contribution in [3.05, 3.63) is 30.1 Å². The first kappa shape index (κ1) is 14.4. The van der Waals surface area contributed by atoms with Gasteiger partial charge in [-0.2, -0.15) is 0 Å². The highest BCUT2D eigenvalue weighted by molar-refractivity contribution is 6.04. The first-order valence-electron chi connectivity index (χ1n) is 8.28. The molecular formula is C17H22N4O2+2. The van der Waals surface area contributed by atoms with E-state index in [1.165, 1.54) is 15.6 Å². The molecule has 6 nitrogen and oxygen atoms in total. The molecule has 2 aliphatic rings. The molecule has 0 aliphatic carbocycles. The van der Waals surface area contributed by atoms with E-state index in [2.05, 4.69) is 22.1 Å². The normalized spacial score (nSPS) is 28.7. The van der Waals surface area contributed by atoms with E-state index in [0.29, 0.717) is 12.3 Å². The maximum atomic E-state index is 12.2. The molecule has 0 saturated carbocycles. The molecule has 3 heterocycles. The highest BCUT2D eigenvalue weighted by atomic mass is 16.2. The van der Waals surface area contributed by atoms with Crippen LogP contribution in [0.3, 0.4) is 0 Å². The number of likely N-dealkylation sites (tertiary alicyclic amines) is 2. The number of nitrogens with one attached hydrogen (secondary N) is 3. The minimum atomic E-state index is -0.167. The Bertz CT molecular complexity index is 728. The number of aromatic nitrogens is 2. The zero-order valence-corrected chi connectivity index (χ0v) is 13.3. The fraction of sp³-hybridized carbons (Fsp3) is 0.471. The summed E-state index contributed by atoms with van der Waals surface area (Å²) in [5.41, 5.74) is 2.27. The Kier molecular flexibility index (Phi) is 3.41. The predicted octanol–water partition coefficient (Wildman–Crippen LogP) is -0.498. The highest BCUT2D eigenvalue weighted by Gasteiger charge is 2.44. The number of benzene rings is 1. The number of likely N-dealkylation sites (N-methyl/N-ethyl adjacent to an activating group) is 1. The Morgan fingerprint density at radius 1 is 1.22 bits per heavy atom. The Labute approximate surface area is 134 Å². The second kappa shape index (κ2) is 5.45. The second-order valence-corrected chi connectivity index (χ2v) is 6.69. The van der Waals surface area contributed by atoms with Crippen molar-refractivity contribution in [1.82, 2.24) is 9.88 Å². The van der Waals surface area contributed by atoms with Gasteiger partial charge in [-0.3, -0.25) is 14.5 Å². The van der Waals surface area contributed by atoms with Crippen LogP contribution in [0, 0.1) is 0 Å². The van der Waals surface area contributed by atoms with Gasteiger partial charge in [-0.25, -0.2) is 9.97 Å². The lowest BCUT2D eigenvalue weighted by atomic mass is 9.95. The van der Waals surface area contributed by atoms with Crippen molar-refractivity contribution in [3.8, 4) is 0 Å². The van der Waals surface area contributed by atoms with Gasteiger partial charge in [0.05, 0.1) is 25.4 Å². The third-order valence-electron chi connectivity index (χ3n) is 5.38. The third kappa shape index (κ3) is 2.43. The van der Waals surface area contributed by atoms with Gasteiger partial charge >= 0.3 is 0 Å². The first-order valence-corrected chi connectivity index (χ1v) is 8.28. The summed E-state index contributed by atoms with van der Waals surface area (Å²) in [6.45, 7) is 1.87. The highest BCUT2D eigenvalue weighted by Crippen LogP contribution is 2.22. The number of hydrogen-bond donors (Lipinski definition) is 2. The average molecular weight is 314 g/mol. The zero-order valence-electron chi connectivity index (χ0n) is 13.3. The van der Waals surface area contributed by atoms with E-state index in [4.69, 9.17) is 0 Å². The van der Waals surface area contributed by atoms with Gasteiger partial charge in [-0.15, -0.1) is 0 Å². The molecule has 2 amide bonds. The molecule has 1 aromatic carbocycles. The largest absolute Gasteiger partial charge is 0.324 e. The number of carbonyl (C=O) groups excluding carboxylic acids is 2. The zero-order chi connectivity index (χ0) is 16.0. The standard InChI is InChI=1S/C17H20N4O2/c1-20-15(22)10-14(17(20)23)21-8-6-11(7-9-21)16-18-12-4-2-3-5-13(12)19-16/h2-5,11,14H,6-10H2,1H3,(H,18,19)/p+2. The smallest absolute Gasteiger partial charge is 0.287 e. The van der Waals surface area contributed by atoms with Crippen LogP contribution in [0.1, 0.15) is 31.0 Å². The number of quaternary nitrogens is 1. The number of fused-ring (bicyclic) bond motifs is 1. The quantitative estimate of drug-likeness (QED) is 0.734. The fourth-order valence-corrected chi connectivity index (χ4v) is 3.93. The maximum Gasteiger partial charge on any atom is 0.287 e. The van der Waals surface area contributed by atoms with E-state index in [1.807, 2.05) is 12.1 Å². The van der Waals surface area contributed by atoms with Crippen molar-refractivity contribution < 1.29 is 19.5 Å². The number of nitrogens with zero attached hydrogens (tertiary/aromatic N) is 1. The van der Waals surface area contributed by atoms with Crippen LogP contribution in [-0.2, 0) is 9.59 Å². The number of para-hydroxylation sites is 2. The van der Waals surface area contributed by atoms with Crippen molar-refractivity contribution in [2.24, 2.45) is 0 Å². The number of hydrogen-bond acceptors (Lipinski definition) is 2. The molecule has 23 heavy (non-hydrogen) atoms. The van der Waals surface area contributed by atoms with E-state index >= 15 is 0 Å². The van der Waals surface area contributed by atoms with Crippen LogP contribution in [0.15, 0.2) is 24.3 Å². The van der Waals surface area contributed by atoms with E-state index in [0.717, 1.165) is 37.0 Å². The summed E-state index contributed by atoms with van der Waals surface area (Å²) in [5, 5.41) is 0. The molecule has 0 bridgehead atoms. The summed E-state index contributed by atoms with van der Waals surface area (Å²) < 4.78 is 0. The van der Waals surface area contributed by atoms with Gasteiger partial charge in [0.15, 0.2) is 17.1 Å². The van der Waals surface area contributed by atoms with Crippen LogP contribution in [-0.4, -0.2) is 47.9 Å². The van der Waals surface area contributed by atoms with Gasteiger partial charge in [-0.05, 0) is 12.1 Å². The predicted molar refractivity (Wildman–Crippen MR) is 83.7 cm³/mol. The van der Waals surface area contributed by atoms with Gasteiger partial charge in [0.1, 0.15) is 0 Å². The maximum absolute atomic E-state index is 12.2. The number of imide groups is 1. The summed E-state index contributed by atoms with van der Waals surface area (Å²) in [6, 6.07) is 8.05. The molecule has 1 unspecified atom stereocenters. The van der Waals surface area contributed by atoms with Crippen LogP contribution in [0.5, 0.6) is 0 Å². The number of amides is 2. The summed E-state index contributed by atoms with van der Waals surface area (Å²) in [4.78, 5) is 33.4. The van der Waals surface area contributed by atoms with E-state index in [1.54, 1.807) is 7.05 Å². The molecule has 2 aromatic rings. The van der Waals surface area contributed by atoms with Crippen LogP contribution < -0.4 is 9.88 Å². The van der Waals surface area contributed by atoms with Gasteiger partial charge in [-0.1, -0.05) is 12.1 Å². The summed E-state index contributed by atoms with van der Waals surface area (Å²) in [6.07, 6.45) is 2.43. The van der Waals surface area contributed by atoms with Crippen LogP contribution >= 0.6 is 0 Å². The first-order chi connectivity index (χ1) is 11.1. The lowest BCUT2D eigenvalue weighted by Crippen LogP contribution is -3.17. The molecule has 2 saturated heterocycles. The van der Waals surface area contributed by atoms with Crippen molar-refractivity contribution >= 4 is 22.8 Å². The lowest BCUT2D eigenvalue weighted by Gasteiger charge is -2.30. The minimum Gasteiger partial charge on any atom is -0.324 e. The Morgan fingerprint density at radius 3 is 2.61 bits per heavy atom. The molecule has 6 heteroatoms. The number of carbonyl (C=O) groups is 2. The topological polar surface area (TPSA) is 71.8 Å². The second-order valence-electron chi connectivity index (χ2n) is 6.69. The molecule has 1 aromatic heterocycles. The molecule has 0 spiro atoms. The average Bonchev–Trinajstić information content (AvgIpc) is 3.12. The molecular weight excluding hydrogens is 292 g/mol. The number of H-pyrrole nitrogens is 2. The number of rotatable bonds is 2. The third-order valence-corrected chi connectivity index (χ3v) is 5.38. The monoisotopic (exact) mass is 314 g/mol. The Balaban J connectivity index is 1.45. The summed E-state index contributed by atoms with van der Waals surface area (Å²) in [5.74, 6) is 1.59. The molecule has 120 valence electrons. The van der Waals surface area contributed by atoms with Crippen molar-refractivity contribution in [3.63, 3.8) is 0 Å². The summed E-state index contributed by atoms with van der Waals surface area (Å²) in [7, 11) is 1.59. The van der Waals surface area contributed by atoms with E-state index in [9.17, 15) is 9.59 Å². The van der Waals surface area contributed by atoms with E-state index < -0.39 is 0 Å². The van der Waals surface area contributed by atoms with Crippen molar-refractivity contribution in [1.29, 1.82) is 0 Å². The molecule has 2 aliphatic heterocycles. The molecule has 1 atom stereocenters. The van der Waals surface area contributed by atoms with Gasteiger partial charge in [0.25, 0.3) is 11.7 Å². The Morgan fingerprint density at radius 2 is 1.96 bits per heavy atom. The number of piperidine rings is 1. The molecule has 3 N–H and O–H groups in total. The number of aromatic amines is 2. The van der Waals surface area contributed by atoms with E-state index in [-0.39, 0.29) is 17.9 Å². The van der Waals surface area contributed by atoms with Gasteiger partial charge < -0.3 is 4.90 Å². The lowest BCUT2D eigenvalue weighted by molar-refractivity contribution is -0.920. The Hall–Kier alpha value is -2.21. The minimum absolute atomic E-state index is 0.0133. The molecule has 0 radical (unpaired) electrons. The van der Waals surface area contributed by atoms with Crippen LogP contribution in [0.25, 0.3) is 11.0 Å². The van der Waals surface area contributed by atoms with Gasteiger partial charge in [0, 0.05) is 19.9 Å². The van der Waals surface area contributed by atoms with Crippen molar-refractivity contribution in [2.75, 3.05) is 20.1 Å². The SMILES string of the molecule is CN1C(=O)CC([NH+]2CCC(c3[nH]c4ccccc4[nH+]3)CC2)C1=O. The molecule has 2 fully saturated rings. The van der Waals surface area contributed by atoms with Gasteiger partial charge in [0.2, 0.25) is 5.91 Å². The van der Waals surface area contributed by atoms with Crippen LogP contribution in [0.2, 0.25) is 0 Å². The fourth-order valence-electron chi connectivity index (χ4n) is 3.93. The summed E-state index contributed by atoms with van der Waals surface area (Å²) >= 11 is 0. The van der Waals surface area contributed by atoms with Crippen LogP contribution in [0.4, 0.5) is 0 Å².